The number of hydrogen-bond donors (Lipinski definition) is 2. The molecule has 5 nitrogen and oxygen atoms in total. The highest BCUT2D eigenvalue weighted by atomic mass is 16.5. The van der Waals surface area contributed by atoms with Crippen LogP contribution in [0.2, 0.25) is 0 Å². The molecule has 0 aliphatic carbocycles. The number of benzene rings is 1. The predicted molar refractivity (Wildman–Crippen MR) is 74.0 cm³/mol. The molecule has 0 unspecified atom stereocenters. The Morgan fingerprint density at radius 3 is 2.79 bits per heavy atom. The number of nitrogen functional groups attached to an aromatic ring is 1. The maximum Gasteiger partial charge on any atom is 0.268 e. The number of aryl methyl sites for hydroxylation is 1. The Bertz CT molecular complexity index is 590. The van der Waals surface area contributed by atoms with Gasteiger partial charge in [0.05, 0.1) is 12.8 Å². The number of hydrogen-bond acceptors (Lipinski definition) is 3. The number of nitrogens with one attached hydrogen (secondary N) is 1. The van der Waals surface area contributed by atoms with Crippen LogP contribution in [0.3, 0.4) is 0 Å². The van der Waals surface area contributed by atoms with Gasteiger partial charge in [0.15, 0.2) is 0 Å². The summed E-state index contributed by atoms with van der Waals surface area (Å²) in [6, 6.07) is 9.23. The standard InChI is InChI=1S/C14H17N3O2/c1-17-9-11(15)7-12(17)14(18)16-8-10-5-3-4-6-13(10)19-2/h3-7,9H,8,15H2,1-2H3,(H,16,18). The maximum absolute atomic E-state index is 12.0. The van der Waals surface area contributed by atoms with Gasteiger partial charge in [-0.05, 0) is 12.1 Å². The molecule has 0 aliphatic rings. The van der Waals surface area contributed by atoms with Gasteiger partial charge < -0.3 is 20.4 Å². The van der Waals surface area contributed by atoms with Crippen LogP contribution in [0, 0.1) is 0 Å². The minimum absolute atomic E-state index is 0.162. The van der Waals surface area contributed by atoms with Gasteiger partial charge in [-0.1, -0.05) is 18.2 Å². The van der Waals surface area contributed by atoms with Gasteiger partial charge in [0.2, 0.25) is 0 Å². The van der Waals surface area contributed by atoms with Crippen LogP contribution in [0.4, 0.5) is 5.69 Å². The van der Waals surface area contributed by atoms with Crippen LogP contribution < -0.4 is 15.8 Å². The molecule has 100 valence electrons. The molecule has 0 saturated carbocycles. The summed E-state index contributed by atoms with van der Waals surface area (Å²) in [4.78, 5) is 12.0. The third-order valence-electron chi connectivity index (χ3n) is 2.89. The molecule has 0 atom stereocenters. The van der Waals surface area contributed by atoms with Crippen molar-refractivity contribution in [2.24, 2.45) is 7.05 Å². The zero-order valence-corrected chi connectivity index (χ0v) is 11.0. The van der Waals surface area contributed by atoms with Crippen molar-refractivity contribution in [1.82, 2.24) is 9.88 Å². The molecule has 3 N–H and O–H groups in total. The Hall–Kier alpha value is -2.43. The van der Waals surface area contributed by atoms with Gasteiger partial charge >= 0.3 is 0 Å². The Morgan fingerprint density at radius 1 is 1.42 bits per heavy atom. The summed E-state index contributed by atoms with van der Waals surface area (Å²) in [7, 11) is 3.40. The quantitative estimate of drug-likeness (QED) is 0.875. The van der Waals surface area contributed by atoms with Gasteiger partial charge in [-0.25, -0.2) is 0 Å². The fraction of sp³-hybridized carbons (Fsp3) is 0.214. The Labute approximate surface area is 112 Å². The third-order valence-corrected chi connectivity index (χ3v) is 2.89. The Kier molecular flexibility index (Phi) is 3.75. The largest absolute Gasteiger partial charge is 0.496 e. The summed E-state index contributed by atoms with van der Waals surface area (Å²) in [6.45, 7) is 0.411. The number of anilines is 1. The van der Waals surface area contributed by atoms with Crippen LogP contribution in [0.1, 0.15) is 16.1 Å². The van der Waals surface area contributed by atoms with E-state index in [1.165, 1.54) is 0 Å². The zero-order valence-electron chi connectivity index (χ0n) is 11.0. The van der Waals surface area contributed by atoms with E-state index in [0.717, 1.165) is 11.3 Å². The molecule has 2 rings (SSSR count). The molecule has 1 aromatic carbocycles. The van der Waals surface area contributed by atoms with Crippen molar-refractivity contribution in [2.75, 3.05) is 12.8 Å². The molecule has 0 fully saturated rings. The maximum atomic E-state index is 12.0. The lowest BCUT2D eigenvalue weighted by atomic mass is 10.2. The molecule has 0 radical (unpaired) electrons. The molecule has 0 saturated heterocycles. The summed E-state index contributed by atoms with van der Waals surface area (Å²) >= 11 is 0. The van der Waals surface area contributed by atoms with Crippen LogP contribution in [-0.2, 0) is 13.6 Å². The lowest BCUT2D eigenvalue weighted by Crippen LogP contribution is -2.24. The van der Waals surface area contributed by atoms with Crippen molar-refractivity contribution >= 4 is 11.6 Å². The first-order valence-electron chi connectivity index (χ1n) is 5.93. The van der Waals surface area contributed by atoms with Crippen molar-refractivity contribution < 1.29 is 9.53 Å². The van der Waals surface area contributed by atoms with E-state index in [2.05, 4.69) is 5.32 Å². The SMILES string of the molecule is COc1ccccc1CNC(=O)c1cc(N)cn1C. The molecule has 19 heavy (non-hydrogen) atoms. The van der Waals surface area contributed by atoms with E-state index >= 15 is 0 Å². The van der Waals surface area contributed by atoms with Crippen molar-refractivity contribution in [3.8, 4) is 5.75 Å². The zero-order chi connectivity index (χ0) is 13.8. The molecule has 1 heterocycles. The molecule has 0 bridgehead atoms. The van der Waals surface area contributed by atoms with Crippen LogP contribution in [0.15, 0.2) is 36.5 Å². The van der Waals surface area contributed by atoms with E-state index in [-0.39, 0.29) is 5.91 Å². The first kappa shape index (κ1) is 13.0. The molecule has 0 spiro atoms. The Morgan fingerprint density at radius 2 is 2.16 bits per heavy atom. The number of rotatable bonds is 4. The summed E-state index contributed by atoms with van der Waals surface area (Å²) in [6.07, 6.45) is 1.71. The van der Waals surface area contributed by atoms with Gasteiger partial charge in [-0.3, -0.25) is 4.79 Å². The first-order valence-corrected chi connectivity index (χ1v) is 5.93. The number of amides is 1. The molecule has 0 aliphatic heterocycles. The number of aromatic nitrogens is 1. The molecule has 1 amide bonds. The van der Waals surface area contributed by atoms with E-state index < -0.39 is 0 Å². The highest BCUT2D eigenvalue weighted by Crippen LogP contribution is 2.17. The average molecular weight is 259 g/mol. The second kappa shape index (κ2) is 5.48. The van der Waals surface area contributed by atoms with E-state index in [0.29, 0.717) is 17.9 Å². The van der Waals surface area contributed by atoms with E-state index in [1.807, 2.05) is 24.3 Å². The van der Waals surface area contributed by atoms with Gasteiger partial charge in [0.25, 0.3) is 5.91 Å². The number of carbonyl (C=O) groups excluding carboxylic acids is 1. The number of nitrogens with two attached hydrogens (primary N) is 1. The molecule has 5 heteroatoms. The Balaban J connectivity index is 2.06. The average Bonchev–Trinajstić information content (AvgIpc) is 2.75. The highest BCUT2D eigenvalue weighted by molar-refractivity contribution is 5.93. The fourth-order valence-electron chi connectivity index (χ4n) is 1.93. The van der Waals surface area contributed by atoms with Crippen molar-refractivity contribution in [2.45, 2.75) is 6.54 Å². The van der Waals surface area contributed by atoms with Crippen molar-refractivity contribution in [3.63, 3.8) is 0 Å². The number of ether oxygens (including phenoxy) is 1. The van der Waals surface area contributed by atoms with Gasteiger partial charge in [0.1, 0.15) is 11.4 Å². The van der Waals surface area contributed by atoms with Crippen LogP contribution in [0.25, 0.3) is 0 Å². The number of carbonyl (C=O) groups is 1. The van der Waals surface area contributed by atoms with E-state index in [4.69, 9.17) is 10.5 Å². The number of para-hydroxylation sites is 1. The topological polar surface area (TPSA) is 69.3 Å². The number of methoxy groups -OCH3 is 1. The third kappa shape index (κ3) is 2.88. The highest BCUT2D eigenvalue weighted by Gasteiger charge is 2.11. The fourth-order valence-corrected chi connectivity index (χ4v) is 1.93. The number of nitrogens with zero attached hydrogens (tertiary/aromatic N) is 1. The lowest BCUT2D eigenvalue weighted by Gasteiger charge is -2.09. The van der Waals surface area contributed by atoms with Crippen LogP contribution >= 0.6 is 0 Å². The van der Waals surface area contributed by atoms with Crippen molar-refractivity contribution in [3.05, 3.63) is 47.8 Å². The summed E-state index contributed by atoms with van der Waals surface area (Å²) in [5.74, 6) is 0.597. The van der Waals surface area contributed by atoms with E-state index in [9.17, 15) is 4.79 Å². The van der Waals surface area contributed by atoms with Gasteiger partial charge in [-0.2, -0.15) is 0 Å². The minimum atomic E-state index is -0.162. The smallest absolute Gasteiger partial charge is 0.268 e. The normalized spacial score (nSPS) is 10.2. The second-order valence-corrected chi connectivity index (χ2v) is 4.26. The van der Waals surface area contributed by atoms with Crippen LogP contribution in [0.5, 0.6) is 5.75 Å². The van der Waals surface area contributed by atoms with E-state index in [1.54, 1.807) is 31.0 Å². The first-order chi connectivity index (χ1) is 9.11. The molecular formula is C14H17N3O2. The summed E-state index contributed by atoms with van der Waals surface area (Å²) < 4.78 is 6.94. The molecule has 1 aromatic heterocycles. The molecular weight excluding hydrogens is 242 g/mol. The predicted octanol–water partition coefficient (Wildman–Crippen LogP) is 1.55. The monoisotopic (exact) mass is 259 g/mol. The second-order valence-electron chi connectivity index (χ2n) is 4.26. The summed E-state index contributed by atoms with van der Waals surface area (Å²) in [5.41, 5.74) is 7.69. The summed E-state index contributed by atoms with van der Waals surface area (Å²) in [5, 5.41) is 2.85. The lowest BCUT2D eigenvalue weighted by molar-refractivity contribution is 0.0942. The van der Waals surface area contributed by atoms with Gasteiger partial charge in [0, 0.05) is 25.4 Å². The van der Waals surface area contributed by atoms with Crippen molar-refractivity contribution in [1.29, 1.82) is 0 Å². The van der Waals surface area contributed by atoms with Gasteiger partial charge in [-0.15, -0.1) is 0 Å². The minimum Gasteiger partial charge on any atom is -0.496 e. The van der Waals surface area contributed by atoms with Crippen LogP contribution in [-0.4, -0.2) is 17.6 Å². The molecule has 2 aromatic rings.